The Morgan fingerprint density at radius 3 is 2.81 bits per heavy atom. The maximum absolute atomic E-state index is 5.38. The Kier molecular flexibility index (Phi) is 4.30. The van der Waals surface area contributed by atoms with Crippen LogP contribution in [-0.4, -0.2) is 47.8 Å². The standard InChI is InChI=1S/C14H19N5O2/c1-2-4-15-13-16-12(11-3-7-21-10-11)17-14(18-13)19-5-8-20-9-6-19/h3,7,10H,2,4-6,8-9H2,1H3,(H,15,16,17,18). The zero-order valence-electron chi connectivity index (χ0n) is 12.1. The molecule has 7 heteroatoms. The van der Waals surface area contributed by atoms with Gasteiger partial charge in [-0.2, -0.15) is 15.0 Å². The summed E-state index contributed by atoms with van der Waals surface area (Å²) in [5, 5.41) is 3.23. The normalized spacial score (nSPS) is 15.2. The van der Waals surface area contributed by atoms with E-state index in [0.29, 0.717) is 30.9 Å². The van der Waals surface area contributed by atoms with Gasteiger partial charge in [0.15, 0.2) is 5.82 Å². The van der Waals surface area contributed by atoms with E-state index in [0.717, 1.165) is 31.6 Å². The lowest BCUT2D eigenvalue weighted by Gasteiger charge is -2.27. The number of rotatable bonds is 5. The molecule has 0 unspecified atom stereocenters. The highest BCUT2D eigenvalue weighted by atomic mass is 16.5. The number of aromatic nitrogens is 3. The van der Waals surface area contributed by atoms with E-state index >= 15 is 0 Å². The van der Waals surface area contributed by atoms with Crippen LogP contribution in [0.25, 0.3) is 11.4 Å². The summed E-state index contributed by atoms with van der Waals surface area (Å²) in [6.07, 6.45) is 4.27. The highest BCUT2D eigenvalue weighted by Crippen LogP contribution is 2.20. The summed E-state index contributed by atoms with van der Waals surface area (Å²) in [6.45, 7) is 5.92. The van der Waals surface area contributed by atoms with Crippen molar-refractivity contribution in [2.24, 2.45) is 0 Å². The van der Waals surface area contributed by atoms with Crippen molar-refractivity contribution in [3.63, 3.8) is 0 Å². The lowest BCUT2D eigenvalue weighted by molar-refractivity contribution is 0.122. The van der Waals surface area contributed by atoms with E-state index in [4.69, 9.17) is 9.15 Å². The molecule has 0 bridgehead atoms. The monoisotopic (exact) mass is 289 g/mol. The van der Waals surface area contributed by atoms with E-state index in [-0.39, 0.29) is 0 Å². The maximum Gasteiger partial charge on any atom is 0.230 e. The third-order valence-corrected chi connectivity index (χ3v) is 3.23. The zero-order valence-corrected chi connectivity index (χ0v) is 12.1. The Bertz CT molecular complexity index is 567. The molecular formula is C14H19N5O2. The molecule has 7 nitrogen and oxygen atoms in total. The fraction of sp³-hybridized carbons (Fsp3) is 0.500. The first-order valence-electron chi connectivity index (χ1n) is 7.22. The second kappa shape index (κ2) is 6.53. The van der Waals surface area contributed by atoms with Crippen molar-refractivity contribution >= 4 is 11.9 Å². The quantitative estimate of drug-likeness (QED) is 0.899. The van der Waals surface area contributed by atoms with Crippen LogP contribution >= 0.6 is 0 Å². The molecule has 3 rings (SSSR count). The van der Waals surface area contributed by atoms with Crippen LogP contribution in [0.5, 0.6) is 0 Å². The molecule has 0 aliphatic carbocycles. The predicted molar refractivity (Wildman–Crippen MR) is 79.3 cm³/mol. The number of anilines is 2. The molecule has 1 fully saturated rings. The average molecular weight is 289 g/mol. The third kappa shape index (κ3) is 3.30. The van der Waals surface area contributed by atoms with Gasteiger partial charge in [-0.25, -0.2) is 0 Å². The highest BCUT2D eigenvalue weighted by molar-refractivity contribution is 5.56. The van der Waals surface area contributed by atoms with Crippen molar-refractivity contribution in [3.05, 3.63) is 18.6 Å². The van der Waals surface area contributed by atoms with Crippen LogP contribution in [0.15, 0.2) is 23.0 Å². The molecule has 0 spiro atoms. The van der Waals surface area contributed by atoms with E-state index < -0.39 is 0 Å². The van der Waals surface area contributed by atoms with Gasteiger partial charge in [0, 0.05) is 19.6 Å². The number of furan rings is 1. The Hall–Kier alpha value is -2.15. The van der Waals surface area contributed by atoms with Gasteiger partial charge in [-0.05, 0) is 12.5 Å². The van der Waals surface area contributed by atoms with Crippen molar-refractivity contribution in [2.45, 2.75) is 13.3 Å². The number of hydrogen-bond donors (Lipinski definition) is 1. The lowest BCUT2D eigenvalue weighted by atomic mass is 10.3. The molecular weight excluding hydrogens is 270 g/mol. The van der Waals surface area contributed by atoms with Crippen molar-refractivity contribution < 1.29 is 9.15 Å². The van der Waals surface area contributed by atoms with Crippen LogP contribution < -0.4 is 10.2 Å². The predicted octanol–water partition coefficient (Wildman–Crippen LogP) is 1.79. The molecule has 0 saturated carbocycles. The SMILES string of the molecule is CCCNc1nc(-c2ccoc2)nc(N2CCOCC2)n1. The summed E-state index contributed by atoms with van der Waals surface area (Å²) >= 11 is 0. The van der Waals surface area contributed by atoms with Gasteiger partial charge in [-0.1, -0.05) is 6.92 Å². The van der Waals surface area contributed by atoms with Crippen LogP contribution in [0.3, 0.4) is 0 Å². The second-order valence-electron chi connectivity index (χ2n) is 4.82. The van der Waals surface area contributed by atoms with E-state index in [1.165, 1.54) is 0 Å². The minimum atomic E-state index is 0.601. The molecule has 21 heavy (non-hydrogen) atoms. The van der Waals surface area contributed by atoms with Gasteiger partial charge < -0.3 is 19.4 Å². The average Bonchev–Trinajstić information content (AvgIpc) is 3.08. The van der Waals surface area contributed by atoms with E-state index in [9.17, 15) is 0 Å². The van der Waals surface area contributed by atoms with Crippen molar-refractivity contribution in [2.75, 3.05) is 43.1 Å². The Morgan fingerprint density at radius 2 is 2.10 bits per heavy atom. The van der Waals surface area contributed by atoms with Gasteiger partial charge in [-0.3, -0.25) is 0 Å². The van der Waals surface area contributed by atoms with Gasteiger partial charge in [0.05, 0.1) is 25.0 Å². The van der Waals surface area contributed by atoms with Gasteiger partial charge in [0.2, 0.25) is 11.9 Å². The number of hydrogen-bond acceptors (Lipinski definition) is 7. The van der Waals surface area contributed by atoms with Crippen LogP contribution in [0.4, 0.5) is 11.9 Å². The Balaban J connectivity index is 1.92. The molecule has 112 valence electrons. The molecule has 0 atom stereocenters. The Labute approximate surface area is 123 Å². The zero-order chi connectivity index (χ0) is 14.5. The van der Waals surface area contributed by atoms with E-state index in [1.54, 1.807) is 12.5 Å². The van der Waals surface area contributed by atoms with Crippen LogP contribution in [-0.2, 0) is 4.74 Å². The van der Waals surface area contributed by atoms with E-state index in [1.807, 2.05) is 6.07 Å². The van der Waals surface area contributed by atoms with Crippen LogP contribution in [0.1, 0.15) is 13.3 Å². The summed E-state index contributed by atoms with van der Waals surface area (Å²) in [5.74, 6) is 1.91. The Morgan fingerprint density at radius 1 is 1.24 bits per heavy atom. The van der Waals surface area contributed by atoms with Crippen LogP contribution in [0, 0.1) is 0 Å². The summed E-state index contributed by atoms with van der Waals surface area (Å²) in [5.41, 5.74) is 0.853. The second-order valence-corrected chi connectivity index (χ2v) is 4.82. The molecule has 0 radical (unpaired) electrons. The van der Waals surface area contributed by atoms with Gasteiger partial charge >= 0.3 is 0 Å². The summed E-state index contributed by atoms with van der Waals surface area (Å²) in [4.78, 5) is 15.6. The summed E-state index contributed by atoms with van der Waals surface area (Å²) in [7, 11) is 0. The molecule has 2 aromatic heterocycles. The first-order valence-corrected chi connectivity index (χ1v) is 7.22. The maximum atomic E-state index is 5.38. The molecule has 1 saturated heterocycles. The lowest BCUT2D eigenvalue weighted by Crippen LogP contribution is -2.37. The number of nitrogens with one attached hydrogen (secondary N) is 1. The van der Waals surface area contributed by atoms with E-state index in [2.05, 4.69) is 32.1 Å². The fourth-order valence-corrected chi connectivity index (χ4v) is 2.11. The molecule has 1 aliphatic rings. The fourth-order valence-electron chi connectivity index (χ4n) is 2.11. The largest absolute Gasteiger partial charge is 0.472 e. The van der Waals surface area contributed by atoms with Gasteiger partial charge in [0.25, 0.3) is 0 Å². The number of nitrogens with zero attached hydrogens (tertiary/aromatic N) is 4. The van der Waals surface area contributed by atoms with Crippen molar-refractivity contribution in [1.29, 1.82) is 0 Å². The third-order valence-electron chi connectivity index (χ3n) is 3.23. The summed E-state index contributed by atoms with van der Waals surface area (Å²) in [6, 6.07) is 1.85. The summed E-state index contributed by atoms with van der Waals surface area (Å²) < 4.78 is 10.5. The van der Waals surface area contributed by atoms with Crippen molar-refractivity contribution in [3.8, 4) is 11.4 Å². The molecule has 1 N–H and O–H groups in total. The number of morpholine rings is 1. The topological polar surface area (TPSA) is 76.3 Å². The van der Waals surface area contributed by atoms with Gasteiger partial charge in [0.1, 0.15) is 6.26 Å². The van der Waals surface area contributed by atoms with Crippen LogP contribution in [0.2, 0.25) is 0 Å². The highest BCUT2D eigenvalue weighted by Gasteiger charge is 2.17. The first kappa shape index (κ1) is 13.8. The minimum absolute atomic E-state index is 0.601. The molecule has 2 aromatic rings. The van der Waals surface area contributed by atoms with Crippen molar-refractivity contribution in [1.82, 2.24) is 15.0 Å². The molecule has 0 aromatic carbocycles. The first-order chi connectivity index (χ1) is 10.4. The minimum Gasteiger partial charge on any atom is -0.472 e. The molecule has 3 heterocycles. The molecule has 1 aliphatic heterocycles. The van der Waals surface area contributed by atoms with Gasteiger partial charge in [-0.15, -0.1) is 0 Å². The number of ether oxygens (including phenoxy) is 1. The molecule has 0 amide bonds. The smallest absolute Gasteiger partial charge is 0.230 e.